The lowest BCUT2D eigenvalue weighted by molar-refractivity contribution is -0.275. The van der Waals surface area contributed by atoms with Gasteiger partial charge in [-0.3, -0.25) is 0 Å². The summed E-state index contributed by atoms with van der Waals surface area (Å²) >= 11 is 4.79. The molecule has 0 saturated heterocycles. The first-order chi connectivity index (χ1) is 28.4. The van der Waals surface area contributed by atoms with Gasteiger partial charge >= 0.3 is 31.8 Å². The summed E-state index contributed by atoms with van der Waals surface area (Å²) in [5, 5.41) is 30.6. The van der Waals surface area contributed by atoms with Gasteiger partial charge < -0.3 is 38.8 Å². The molecule has 0 radical (unpaired) electrons. The number of halogens is 7. The molecular formula is C39H34BF6IN2O10S2. The van der Waals surface area contributed by atoms with Crippen molar-refractivity contribution < 1.29 is 74.8 Å². The number of carbonyl (C=O) groups excluding carboxylic acids is 1. The summed E-state index contributed by atoms with van der Waals surface area (Å²) in [4.78, 5) is 30.3. The first-order valence-electron chi connectivity index (χ1n) is 16.9. The molecule has 4 aromatic carbocycles. The number of esters is 1. The van der Waals surface area contributed by atoms with Crippen molar-refractivity contribution in [2.24, 2.45) is 0 Å². The normalized spacial score (nSPS) is 10.7. The molecule has 0 aliphatic rings. The average Bonchev–Trinajstić information content (AvgIpc) is 3.88. The van der Waals surface area contributed by atoms with Gasteiger partial charge in [0.25, 0.3) is 0 Å². The van der Waals surface area contributed by atoms with Crippen molar-refractivity contribution in [3.05, 3.63) is 133 Å². The number of para-hydroxylation sites is 2. The van der Waals surface area contributed by atoms with E-state index < -0.39 is 31.6 Å². The number of carboxylic acid groups (broad SMARTS) is 1. The van der Waals surface area contributed by atoms with Gasteiger partial charge in [-0.2, -0.15) is 0 Å². The Bertz CT molecular complexity index is 2290. The molecule has 0 aliphatic heterocycles. The minimum Gasteiger partial charge on any atom is -0.486 e. The molecule has 3 N–H and O–H groups in total. The second kappa shape index (κ2) is 23.5. The molecule has 0 unspecified atom stereocenters. The van der Waals surface area contributed by atoms with Crippen molar-refractivity contribution in [2.45, 2.75) is 40.3 Å². The summed E-state index contributed by atoms with van der Waals surface area (Å²) in [5.74, 6) is -1.15. The van der Waals surface area contributed by atoms with Crippen LogP contribution in [0.5, 0.6) is 23.0 Å². The zero-order valence-corrected chi connectivity index (χ0v) is 34.4. The number of benzene rings is 4. The quantitative estimate of drug-likeness (QED) is 0.0435. The van der Waals surface area contributed by atoms with Gasteiger partial charge in [0, 0.05) is 25.4 Å². The minimum atomic E-state index is -4.84. The number of carbonyl (C=O) groups is 2. The standard InChI is InChI=1S/C18H12F3NO4S.C13H12INO3S.C7H6BF3O3.CH4/c19-18(20,21)26-15-4-2-1-3-13(15)11-5-7-12(8-6-11)25-9-16-22-14(10-27-16)17(23)24;1-2-17-13(16)11-8-19-12(15-11)7-18-10-5-3-9(14)4-6-10;9-7(10,11)14-6-4-2-1-3-5(6)8(12)13;/h1-8,10H,9H2,(H,23,24);3-6,8H,2,7H2,1H3;1-4,12-13H;1H4. The Labute approximate surface area is 366 Å². The molecule has 0 amide bonds. The summed E-state index contributed by atoms with van der Waals surface area (Å²) in [6.45, 7) is 2.56. The molecule has 12 nitrogen and oxygen atoms in total. The second-order valence-electron chi connectivity index (χ2n) is 11.3. The fourth-order valence-corrected chi connectivity index (χ4v) is 6.25. The molecule has 0 bridgehead atoms. The third-order valence-electron chi connectivity index (χ3n) is 7.05. The fourth-order valence-electron chi connectivity index (χ4n) is 4.53. The summed E-state index contributed by atoms with van der Waals surface area (Å²) in [5.41, 5.74) is 0.796. The van der Waals surface area contributed by atoms with Crippen molar-refractivity contribution in [2.75, 3.05) is 6.61 Å². The Morgan fingerprint density at radius 3 is 1.69 bits per heavy atom. The predicted molar refractivity (Wildman–Crippen MR) is 223 cm³/mol. The first kappa shape index (κ1) is 49.9. The van der Waals surface area contributed by atoms with Crippen LogP contribution in [-0.4, -0.2) is 63.5 Å². The molecule has 6 aromatic rings. The van der Waals surface area contributed by atoms with Crippen LogP contribution in [0.25, 0.3) is 11.1 Å². The lowest BCUT2D eigenvalue weighted by Crippen LogP contribution is -2.33. The van der Waals surface area contributed by atoms with E-state index in [1.165, 1.54) is 47.0 Å². The van der Waals surface area contributed by atoms with Crippen LogP contribution in [0.1, 0.15) is 45.3 Å². The van der Waals surface area contributed by atoms with Crippen molar-refractivity contribution in [3.63, 3.8) is 0 Å². The van der Waals surface area contributed by atoms with E-state index in [1.54, 1.807) is 42.6 Å². The molecule has 6 rings (SSSR count). The van der Waals surface area contributed by atoms with Gasteiger partial charge in [-0.1, -0.05) is 56.0 Å². The van der Waals surface area contributed by atoms with Gasteiger partial charge in [-0.05, 0) is 83.6 Å². The minimum absolute atomic E-state index is 0. The summed E-state index contributed by atoms with van der Waals surface area (Å²) in [6, 6.07) is 24.8. The van der Waals surface area contributed by atoms with Gasteiger partial charge in [0.15, 0.2) is 11.4 Å². The Morgan fingerprint density at radius 2 is 1.18 bits per heavy atom. The van der Waals surface area contributed by atoms with Crippen LogP contribution in [0, 0.1) is 3.57 Å². The van der Waals surface area contributed by atoms with Crippen LogP contribution >= 0.6 is 45.3 Å². The van der Waals surface area contributed by atoms with E-state index >= 15 is 0 Å². The number of thiazole rings is 2. The maximum Gasteiger partial charge on any atom is 0.573 e. The zero-order chi connectivity index (χ0) is 43.9. The van der Waals surface area contributed by atoms with E-state index in [1.807, 2.05) is 24.3 Å². The number of rotatable bonds is 13. The lowest BCUT2D eigenvalue weighted by atomic mass is 9.80. The molecular weight excluding hydrogens is 972 g/mol. The topological polar surface area (TPSA) is 167 Å². The van der Waals surface area contributed by atoms with Gasteiger partial charge in [0.05, 0.1) is 6.61 Å². The van der Waals surface area contributed by atoms with Crippen molar-refractivity contribution >= 4 is 69.8 Å². The Balaban J connectivity index is 0.000000256. The Hall–Kier alpha value is -5.43. The summed E-state index contributed by atoms with van der Waals surface area (Å²) in [7, 11) is -1.99. The Kier molecular flexibility index (Phi) is 19.3. The van der Waals surface area contributed by atoms with Crippen LogP contribution in [-0.2, 0) is 18.0 Å². The highest BCUT2D eigenvalue weighted by Crippen LogP contribution is 2.34. The lowest BCUT2D eigenvalue weighted by Gasteiger charge is -2.13. The predicted octanol–water partition coefficient (Wildman–Crippen LogP) is 9.39. The van der Waals surface area contributed by atoms with Crippen LogP contribution < -0.4 is 24.4 Å². The molecule has 0 fully saturated rings. The van der Waals surface area contributed by atoms with E-state index in [2.05, 4.69) is 42.0 Å². The number of nitrogens with zero attached hydrogens (tertiary/aromatic N) is 2. The third kappa shape index (κ3) is 17.2. The third-order valence-corrected chi connectivity index (χ3v) is 9.41. The van der Waals surface area contributed by atoms with E-state index in [4.69, 9.17) is 29.4 Å². The fraction of sp³-hybridized carbons (Fsp3) is 0.179. The summed E-state index contributed by atoms with van der Waals surface area (Å²) < 4.78 is 97.8. The van der Waals surface area contributed by atoms with Crippen LogP contribution in [0.4, 0.5) is 26.3 Å². The van der Waals surface area contributed by atoms with Gasteiger partial charge in [0.2, 0.25) is 0 Å². The van der Waals surface area contributed by atoms with Gasteiger partial charge in [-0.25, -0.2) is 19.6 Å². The highest BCUT2D eigenvalue weighted by molar-refractivity contribution is 14.1. The first-order valence-corrected chi connectivity index (χ1v) is 19.7. The van der Waals surface area contributed by atoms with Gasteiger partial charge in [-0.15, -0.1) is 49.0 Å². The number of alkyl halides is 6. The zero-order valence-electron chi connectivity index (χ0n) is 30.6. The molecule has 0 atom stereocenters. The van der Waals surface area contributed by atoms with E-state index in [-0.39, 0.29) is 36.9 Å². The van der Waals surface area contributed by atoms with E-state index in [0.717, 1.165) is 37.8 Å². The maximum atomic E-state index is 12.5. The molecule has 324 valence electrons. The number of aromatic carboxylic acids is 1. The maximum absolute atomic E-state index is 12.5. The molecule has 61 heavy (non-hydrogen) atoms. The molecule has 2 heterocycles. The number of hydrogen-bond acceptors (Lipinski definition) is 13. The average molecular weight is 1010 g/mol. The molecule has 0 aliphatic carbocycles. The van der Waals surface area contributed by atoms with E-state index in [0.29, 0.717) is 40.8 Å². The number of carboxylic acids is 1. The number of aromatic nitrogens is 2. The van der Waals surface area contributed by atoms with Crippen LogP contribution in [0.15, 0.2) is 108 Å². The van der Waals surface area contributed by atoms with Crippen molar-refractivity contribution in [3.8, 4) is 34.1 Å². The number of ether oxygens (including phenoxy) is 5. The highest BCUT2D eigenvalue weighted by atomic mass is 127. The summed E-state index contributed by atoms with van der Waals surface area (Å²) in [6.07, 6.45) is -9.62. The number of hydrogen-bond donors (Lipinski definition) is 3. The molecule has 0 spiro atoms. The molecule has 0 saturated carbocycles. The van der Waals surface area contributed by atoms with Crippen LogP contribution in [0.2, 0.25) is 0 Å². The smallest absolute Gasteiger partial charge is 0.486 e. The molecule has 2 aromatic heterocycles. The van der Waals surface area contributed by atoms with E-state index in [9.17, 15) is 35.9 Å². The Morgan fingerprint density at radius 1 is 0.705 bits per heavy atom. The monoisotopic (exact) mass is 1010 g/mol. The largest absolute Gasteiger partial charge is 0.573 e. The SMILES string of the molecule is C.CCOC(=O)c1csc(COc2ccc(I)cc2)n1.O=C(O)c1csc(COc2ccc(-c3ccccc3OC(F)(F)F)cc2)n1.OB(O)c1ccccc1OC(F)(F)F. The van der Waals surface area contributed by atoms with Crippen molar-refractivity contribution in [1.29, 1.82) is 0 Å². The van der Waals surface area contributed by atoms with Crippen LogP contribution in [0.3, 0.4) is 0 Å². The van der Waals surface area contributed by atoms with Crippen molar-refractivity contribution in [1.82, 2.24) is 9.97 Å². The highest BCUT2D eigenvalue weighted by Gasteiger charge is 2.33. The van der Waals surface area contributed by atoms with Gasteiger partial charge in [0.1, 0.15) is 46.2 Å². The second-order valence-corrected chi connectivity index (χ2v) is 14.5. The molecule has 22 heteroatoms.